The summed E-state index contributed by atoms with van der Waals surface area (Å²) in [5.74, 6) is -0.668. The summed E-state index contributed by atoms with van der Waals surface area (Å²) in [5, 5.41) is 2.89. The molecule has 0 unspecified atom stereocenters. The maximum absolute atomic E-state index is 12.8. The Morgan fingerprint density at radius 2 is 2.00 bits per heavy atom. The van der Waals surface area contributed by atoms with Crippen molar-refractivity contribution >= 4 is 16.1 Å². The summed E-state index contributed by atoms with van der Waals surface area (Å²) in [6.07, 6.45) is 2.89. The van der Waals surface area contributed by atoms with Crippen LogP contribution >= 0.6 is 0 Å². The minimum Gasteiger partial charge on any atom is -0.356 e. The van der Waals surface area contributed by atoms with E-state index < -0.39 is 10.2 Å². The molecule has 0 aromatic heterocycles. The Kier molecular flexibility index (Phi) is 6.92. The van der Waals surface area contributed by atoms with Crippen LogP contribution in [0, 0.1) is 11.7 Å². The molecule has 140 valence electrons. The number of aryl methyl sites for hydroxylation is 1. The third-order valence-corrected chi connectivity index (χ3v) is 6.30. The Hall–Kier alpha value is -1.51. The molecule has 6 nitrogen and oxygen atoms in total. The second-order valence-corrected chi connectivity index (χ2v) is 8.65. The molecular weight excluding hydrogens is 345 g/mol. The molecule has 1 N–H and O–H groups in total. The fourth-order valence-corrected chi connectivity index (χ4v) is 4.09. The highest BCUT2D eigenvalue weighted by molar-refractivity contribution is 7.86. The van der Waals surface area contributed by atoms with Crippen molar-refractivity contribution in [2.24, 2.45) is 5.92 Å². The van der Waals surface area contributed by atoms with Crippen molar-refractivity contribution in [2.75, 3.05) is 33.7 Å². The maximum atomic E-state index is 12.8. The van der Waals surface area contributed by atoms with E-state index >= 15 is 0 Å². The average Bonchev–Trinajstić information content (AvgIpc) is 2.60. The van der Waals surface area contributed by atoms with Crippen LogP contribution in [0.1, 0.15) is 24.8 Å². The van der Waals surface area contributed by atoms with Gasteiger partial charge < -0.3 is 5.32 Å². The number of rotatable bonds is 7. The molecule has 0 aliphatic carbocycles. The quantitative estimate of drug-likeness (QED) is 0.737. The Bertz CT molecular complexity index is 677. The highest BCUT2D eigenvalue weighted by atomic mass is 32.2. The van der Waals surface area contributed by atoms with Crippen LogP contribution in [0.5, 0.6) is 0 Å². The van der Waals surface area contributed by atoms with Crippen molar-refractivity contribution in [3.63, 3.8) is 0 Å². The molecule has 25 heavy (non-hydrogen) atoms. The molecule has 1 atom stereocenters. The maximum Gasteiger partial charge on any atom is 0.281 e. The lowest BCUT2D eigenvalue weighted by molar-refractivity contribution is -0.126. The van der Waals surface area contributed by atoms with E-state index in [4.69, 9.17) is 0 Å². The van der Waals surface area contributed by atoms with Gasteiger partial charge in [0, 0.05) is 33.7 Å². The largest absolute Gasteiger partial charge is 0.356 e. The predicted octanol–water partition coefficient (Wildman–Crippen LogP) is 1.39. The summed E-state index contributed by atoms with van der Waals surface area (Å²) in [6.45, 7) is 1.20. The molecule has 0 radical (unpaired) electrons. The van der Waals surface area contributed by atoms with Crippen LogP contribution in [0.2, 0.25) is 0 Å². The van der Waals surface area contributed by atoms with Gasteiger partial charge in [0.2, 0.25) is 5.91 Å². The monoisotopic (exact) mass is 371 g/mol. The Morgan fingerprint density at radius 3 is 2.64 bits per heavy atom. The number of hydrogen-bond donors (Lipinski definition) is 1. The van der Waals surface area contributed by atoms with Crippen LogP contribution in [0.15, 0.2) is 24.3 Å². The molecule has 1 aromatic rings. The first-order valence-electron chi connectivity index (χ1n) is 8.50. The Balaban J connectivity index is 1.77. The first-order chi connectivity index (χ1) is 11.8. The number of amides is 1. The third kappa shape index (κ3) is 5.49. The van der Waals surface area contributed by atoms with E-state index in [1.165, 1.54) is 34.8 Å². The molecule has 0 bridgehead atoms. The standard InChI is InChI=1S/C17H26FN3O3S/c1-20(2)25(23,24)21-12-4-6-15(13-21)17(22)19-11-3-5-14-7-9-16(18)10-8-14/h7-10,15H,3-6,11-13H2,1-2H3,(H,19,22)/t15-/m0/s1. The zero-order valence-electron chi connectivity index (χ0n) is 14.7. The Morgan fingerprint density at radius 1 is 1.32 bits per heavy atom. The predicted molar refractivity (Wildman–Crippen MR) is 94.6 cm³/mol. The summed E-state index contributed by atoms with van der Waals surface area (Å²) in [5.41, 5.74) is 1.02. The summed E-state index contributed by atoms with van der Waals surface area (Å²) in [4.78, 5) is 12.3. The Labute approximate surface area is 149 Å². The van der Waals surface area contributed by atoms with Gasteiger partial charge in [-0.25, -0.2) is 4.39 Å². The molecule has 0 spiro atoms. The molecule has 1 fully saturated rings. The average molecular weight is 371 g/mol. The van der Waals surface area contributed by atoms with Crippen LogP contribution in [0.4, 0.5) is 4.39 Å². The normalized spacial score (nSPS) is 19.1. The van der Waals surface area contributed by atoms with Gasteiger partial charge in [0.1, 0.15) is 5.82 Å². The van der Waals surface area contributed by atoms with Gasteiger partial charge in [0.25, 0.3) is 10.2 Å². The second-order valence-electron chi connectivity index (χ2n) is 6.51. The molecule has 1 aliphatic heterocycles. The van der Waals surface area contributed by atoms with E-state index in [-0.39, 0.29) is 24.2 Å². The summed E-state index contributed by atoms with van der Waals surface area (Å²) < 4.78 is 39.8. The molecular formula is C17H26FN3O3S. The number of benzene rings is 1. The zero-order chi connectivity index (χ0) is 18.4. The van der Waals surface area contributed by atoms with Crippen molar-refractivity contribution in [1.29, 1.82) is 0 Å². The van der Waals surface area contributed by atoms with Gasteiger partial charge in [-0.15, -0.1) is 0 Å². The number of nitrogens with one attached hydrogen (secondary N) is 1. The van der Waals surface area contributed by atoms with Crippen molar-refractivity contribution in [2.45, 2.75) is 25.7 Å². The van der Waals surface area contributed by atoms with Crippen LogP contribution in [0.25, 0.3) is 0 Å². The van der Waals surface area contributed by atoms with Crippen LogP contribution in [-0.2, 0) is 21.4 Å². The van der Waals surface area contributed by atoms with E-state index in [0.29, 0.717) is 25.9 Å². The SMILES string of the molecule is CN(C)S(=O)(=O)N1CCC[C@H](C(=O)NCCCc2ccc(F)cc2)C1. The van der Waals surface area contributed by atoms with Gasteiger partial charge in [-0.05, 0) is 43.4 Å². The van der Waals surface area contributed by atoms with E-state index in [9.17, 15) is 17.6 Å². The van der Waals surface area contributed by atoms with Gasteiger partial charge in [-0.2, -0.15) is 17.0 Å². The first kappa shape index (κ1) is 19.8. The van der Waals surface area contributed by atoms with E-state index in [1.54, 1.807) is 12.1 Å². The highest BCUT2D eigenvalue weighted by Crippen LogP contribution is 2.20. The van der Waals surface area contributed by atoms with E-state index in [0.717, 1.165) is 18.4 Å². The molecule has 1 amide bonds. The first-order valence-corrected chi connectivity index (χ1v) is 9.90. The molecule has 0 saturated carbocycles. The lowest BCUT2D eigenvalue weighted by Crippen LogP contribution is -2.48. The summed E-state index contributed by atoms with van der Waals surface area (Å²) in [7, 11) is -0.486. The van der Waals surface area contributed by atoms with Gasteiger partial charge in [0.05, 0.1) is 5.92 Å². The van der Waals surface area contributed by atoms with Crippen molar-refractivity contribution < 1.29 is 17.6 Å². The van der Waals surface area contributed by atoms with E-state index in [1.807, 2.05) is 0 Å². The highest BCUT2D eigenvalue weighted by Gasteiger charge is 2.33. The third-order valence-electron chi connectivity index (χ3n) is 4.40. The van der Waals surface area contributed by atoms with Crippen LogP contribution < -0.4 is 5.32 Å². The van der Waals surface area contributed by atoms with Gasteiger partial charge >= 0.3 is 0 Å². The number of hydrogen-bond acceptors (Lipinski definition) is 3. The minimum absolute atomic E-state index is 0.0993. The van der Waals surface area contributed by atoms with Crippen molar-refractivity contribution in [3.8, 4) is 0 Å². The minimum atomic E-state index is -3.48. The molecule has 1 saturated heterocycles. The topological polar surface area (TPSA) is 69.7 Å². The molecule has 8 heteroatoms. The fraction of sp³-hybridized carbons (Fsp3) is 0.588. The van der Waals surface area contributed by atoms with E-state index in [2.05, 4.69) is 5.32 Å². The van der Waals surface area contributed by atoms with Crippen LogP contribution in [-0.4, -0.2) is 56.7 Å². The number of carbonyl (C=O) groups excluding carboxylic acids is 1. The zero-order valence-corrected chi connectivity index (χ0v) is 15.6. The molecule has 1 aromatic carbocycles. The van der Waals surface area contributed by atoms with Crippen LogP contribution in [0.3, 0.4) is 0 Å². The second kappa shape index (κ2) is 8.73. The van der Waals surface area contributed by atoms with Crippen molar-refractivity contribution in [3.05, 3.63) is 35.6 Å². The lowest BCUT2D eigenvalue weighted by atomic mass is 9.99. The number of nitrogens with zero attached hydrogens (tertiary/aromatic N) is 2. The summed E-state index contributed by atoms with van der Waals surface area (Å²) in [6, 6.07) is 6.33. The fourth-order valence-electron chi connectivity index (χ4n) is 2.90. The summed E-state index contributed by atoms with van der Waals surface area (Å²) >= 11 is 0. The lowest BCUT2D eigenvalue weighted by Gasteiger charge is -2.32. The van der Waals surface area contributed by atoms with Gasteiger partial charge in [-0.1, -0.05) is 12.1 Å². The van der Waals surface area contributed by atoms with Gasteiger partial charge in [-0.3, -0.25) is 4.79 Å². The number of halogens is 1. The van der Waals surface area contributed by atoms with Crippen molar-refractivity contribution in [1.82, 2.24) is 13.9 Å². The molecule has 1 aliphatic rings. The van der Waals surface area contributed by atoms with Gasteiger partial charge in [0.15, 0.2) is 0 Å². The molecule has 1 heterocycles. The number of piperidine rings is 1. The number of carbonyl (C=O) groups is 1. The molecule has 2 rings (SSSR count). The smallest absolute Gasteiger partial charge is 0.281 e.